The van der Waals surface area contributed by atoms with Gasteiger partial charge in [-0.3, -0.25) is 14.4 Å². The fourth-order valence-corrected chi connectivity index (χ4v) is 4.01. The number of primary amides is 1. The molecule has 0 bridgehead atoms. The number of rotatable bonds is 5. The Morgan fingerprint density at radius 1 is 1.08 bits per heavy atom. The van der Waals surface area contributed by atoms with Crippen LogP contribution in [0.3, 0.4) is 0 Å². The van der Waals surface area contributed by atoms with Crippen LogP contribution in [0.2, 0.25) is 0 Å². The van der Waals surface area contributed by atoms with E-state index in [1.165, 1.54) is 6.42 Å². The number of nitrogens with two attached hydrogens (primary N) is 1. The molecule has 1 heterocycles. The van der Waals surface area contributed by atoms with E-state index in [0.29, 0.717) is 13.0 Å². The Balaban J connectivity index is 2.28. The van der Waals surface area contributed by atoms with Crippen LogP contribution in [0.4, 0.5) is 0 Å². The molecular formula is C18H31N3O3. The second-order valence-electron chi connectivity index (χ2n) is 7.74. The number of hydrogen-bond acceptors (Lipinski definition) is 3. The molecule has 1 aliphatic heterocycles. The topological polar surface area (TPSA) is 92.5 Å². The van der Waals surface area contributed by atoms with Crippen LogP contribution in [-0.2, 0) is 14.4 Å². The van der Waals surface area contributed by atoms with Gasteiger partial charge in [0.05, 0.1) is 0 Å². The highest BCUT2D eigenvalue weighted by molar-refractivity contribution is 5.95. The van der Waals surface area contributed by atoms with Crippen molar-refractivity contribution in [3.63, 3.8) is 0 Å². The lowest BCUT2D eigenvalue weighted by Crippen LogP contribution is -2.64. The fraction of sp³-hybridized carbons (Fsp3) is 0.833. The summed E-state index contributed by atoms with van der Waals surface area (Å²) in [4.78, 5) is 39.0. The average Bonchev–Trinajstić information content (AvgIpc) is 3.04. The maximum Gasteiger partial charge on any atom is 0.249 e. The second-order valence-corrected chi connectivity index (χ2v) is 7.74. The Kier molecular flexibility index (Phi) is 5.88. The summed E-state index contributed by atoms with van der Waals surface area (Å²) in [6, 6.07) is -0.545. The molecule has 0 aromatic carbocycles. The van der Waals surface area contributed by atoms with Crippen molar-refractivity contribution in [2.45, 2.75) is 77.3 Å². The Labute approximate surface area is 144 Å². The Hall–Kier alpha value is -1.59. The van der Waals surface area contributed by atoms with Crippen LogP contribution in [0.15, 0.2) is 0 Å². The van der Waals surface area contributed by atoms with Gasteiger partial charge in [0.25, 0.3) is 0 Å². The van der Waals surface area contributed by atoms with E-state index in [1.807, 2.05) is 20.8 Å². The first-order valence-electron chi connectivity index (χ1n) is 9.19. The Bertz CT molecular complexity index is 500. The molecule has 0 aromatic heterocycles. The lowest BCUT2D eigenvalue weighted by Gasteiger charge is -2.42. The predicted molar refractivity (Wildman–Crippen MR) is 91.9 cm³/mol. The molecule has 1 saturated carbocycles. The van der Waals surface area contributed by atoms with Gasteiger partial charge >= 0.3 is 0 Å². The number of amides is 3. The van der Waals surface area contributed by atoms with Gasteiger partial charge in [-0.15, -0.1) is 0 Å². The molecule has 2 rings (SSSR count). The first kappa shape index (κ1) is 18.7. The molecule has 6 nitrogen and oxygen atoms in total. The Morgan fingerprint density at radius 3 is 2.25 bits per heavy atom. The van der Waals surface area contributed by atoms with Gasteiger partial charge in [0.15, 0.2) is 0 Å². The molecule has 0 spiro atoms. The van der Waals surface area contributed by atoms with Crippen molar-refractivity contribution in [2.24, 2.45) is 17.6 Å². The molecule has 2 atom stereocenters. The van der Waals surface area contributed by atoms with E-state index >= 15 is 0 Å². The maximum atomic E-state index is 13.3. The quantitative estimate of drug-likeness (QED) is 0.797. The van der Waals surface area contributed by atoms with E-state index in [0.717, 1.165) is 32.1 Å². The van der Waals surface area contributed by atoms with Gasteiger partial charge in [-0.2, -0.15) is 0 Å². The number of nitrogens with zero attached hydrogens (tertiary/aromatic N) is 1. The van der Waals surface area contributed by atoms with E-state index in [1.54, 1.807) is 4.90 Å². The largest absolute Gasteiger partial charge is 0.368 e. The molecular weight excluding hydrogens is 306 g/mol. The highest BCUT2D eigenvalue weighted by atomic mass is 16.2. The van der Waals surface area contributed by atoms with Gasteiger partial charge in [0, 0.05) is 12.5 Å². The standard InChI is InChI=1S/C18H31N3O3/c1-12(2)16(23)20-18(3,13-8-5-4-6-9-13)17(24)21-11-7-10-14(21)15(19)22/h12-14H,4-11H2,1-3H3,(H2,19,22)(H,20,23)/t14-,18-/m0/s1. The lowest BCUT2D eigenvalue weighted by atomic mass is 9.74. The lowest BCUT2D eigenvalue weighted by molar-refractivity contribution is -0.148. The normalized spacial score (nSPS) is 24.7. The first-order valence-corrected chi connectivity index (χ1v) is 9.19. The van der Waals surface area contributed by atoms with Crippen LogP contribution >= 0.6 is 0 Å². The van der Waals surface area contributed by atoms with Crippen molar-refractivity contribution in [2.75, 3.05) is 6.54 Å². The minimum Gasteiger partial charge on any atom is -0.368 e. The minimum absolute atomic E-state index is 0.107. The fourth-order valence-electron chi connectivity index (χ4n) is 4.01. The number of carbonyl (C=O) groups excluding carboxylic acids is 3. The summed E-state index contributed by atoms with van der Waals surface area (Å²) in [6.07, 6.45) is 6.56. The smallest absolute Gasteiger partial charge is 0.249 e. The summed E-state index contributed by atoms with van der Waals surface area (Å²) < 4.78 is 0. The van der Waals surface area contributed by atoms with Crippen LogP contribution < -0.4 is 11.1 Å². The van der Waals surface area contributed by atoms with Gasteiger partial charge in [-0.05, 0) is 38.5 Å². The third-order valence-corrected chi connectivity index (χ3v) is 5.62. The summed E-state index contributed by atoms with van der Waals surface area (Å²) in [7, 11) is 0. The van der Waals surface area contributed by atoms with Crippen molar-refractivity contribution in [3.8, 4) is 0 Å². The minimum atomic E-state index is -0.959. The third-order valence-electron chi connectivity index (χ3n) is 5.62. The number of nitrogens with one attached hydrogen (secondary N) is 1. The van der Waals surface area contributed by atoms with Crippen LogP contribution in [-0.4, -0.2) is 40.7 Å². The zero-order valence-electron chi connectivity index (χ0n) is 15.1. The molecule has 1 aliphatic carbocycles. The van der Waals surface area contributed by atoms with Gasteiger partial charge < -0.3 is 16.0 Å². The molecule has 0 unspecified atom stereocenters. The number of carbonyl (C=O) groups is 3. The van der Waals surface area contributed by atoms with Gasteiger partial charge in [-0.25, -0.2) is 0 Å². The molecule has 24 heavy (non-hydrogen) atoms. The zero-order chi connectivity index (χ0) is 17.9. The first-order chi connectivity index (χ1) is 11.3. The second kappa shape index (κ2) is 7.53. The summed E-state index contributed by atoms with van der Waals surface area (Å²) in [5, 5.41) is 3.02. The molecule has 2 aliphatic rings. The summed E-state index contributed by atoms with van der Waals surface area (Å²) in [5.74, 6) is -0.806. The van der Waals surface area contributed by atoms with Gasteiger partial charge in [0.2, 0.25) is 17.7 Å². The maximum absolute atomic E-state index is 13.3. The molecule has 0 radical (unpaired) electrons. The predicted octanol–water partition coefficient (Wildman–Crippen LogP) is 1.57. The van der Waals surface area contributed by atoms with E-state index in [2.05, 4.69) is 5.32 Å². The average molecular weight is 337 g/mol. The van der Waals surface area contributed by atoms with E-state index in [4.69, 9.17) is 5.73 Å². The zero-order valence-corrected chi connectivity index (χ0v) is 15.1. The van der Waals surface area contributed by atoms with Crippen molar-refractivity contribution in [3.05, 3.63) is 0 Å². The monoisotopic (exact) mass is 337 g/mol. The summed E-state index contributed by atoms with van der Waals surface area (Å²) in [6.45, 7) is 6.01. The highest BCUT2D eigenvalue weighted by Gasteiger charge is 2.48. The molecule has 3 amide bonds. The van der Waals surface area contributed by atoms with E-state index in [9.17, 15) is 14.4 Å². The van der Waals surface area contributed by atoms with Crippen LogP contribution in [0.1, 0.15) is 65.7 Å². The summed E-state index contributed by atoms with van der Waals surface area (Å²) in [5.41, 5.74) is 4.52. The van der Waals surface area contributed by atoms with Gasteiger partial charge in [0.1, 0.15) is 11.6 Å². The Morgan fingerprint density at radius 2 is 1.71 bits per heavy atom. The van der Waals surface area contributed by atoms with Gasteiger partial charge in [-0.1, -0.05) is 33.1 Å². The molecule has 1 saturated heterocycles. The van der Waals surface area contributed by atoms with Crippen molar-refractivity contribution < 1.29 is 14.4 Å². The van der Waals surface area contributed by atoms with Crippen LogP contribution in [0.5, 0.6) is 0 Å². The third kappa shape index (κ3) is 3.73. The highest BCUT2D eigenvalue weighted by Crippen LogP contribution is 2.35. The molecule has 3 N–H and O–H groups in total. The molecule has 2 fully saturated rings. The van der Waals surface area contributed by atoms with E-state index < -0.39 is 17.5 Å². The number of likely N-dealkylation sites (tertiary alicyclic amines) is 1. The van der Waals surface area contributed by atoms with Crippen molar-refractivity contribution >= 4 is 17.7 Å². The summed E-state index contributed by atoms with van der Waals surface area (Å²) >= 11 is 0. The van der Waals surface area contributed by atoms with Crippen LogP contribution in [0.25, 0.3) is 0 Å². The van der Waals surface area contributed by atoms with Crippen molar-refractivity contribution in [1.82, 2.24) is 10.2 Å². The SMILES string of the molecule is CC(C)C(=O)N[C@](C)(C(=O)N1CCC[C@H]1C(N)=O)C1CCCCC1. The molecule has 6 heteroatoms. The van der Waals surface area contributed by atoms with Crippen molar-refractivity contribution in [1.29, 1.82) is 0 Å². The number of hydrogen-bond donors (Lipinski definition) is 2. The van der Waals surface area contributed by atoms with Crippen LogP contribution in [0, 0.1) is 11.8 Å². The molecule has 136 valence electrons. The molecule has 0 aromatic rings. The van der Waals surface area contributed by atoms with E-state index in [-0.39, 0.29) is 23.7 Å².